The van der Waals surface area contributed by atoms with E-state index in [1.54, 1.807) is 11.9 Å². The Morgan fingerprint density at radius 3 is 2.48 bits per heavy atom. The zero-order valence-electron chi connectivity index (χ0n) is 18.7. The number of guanidine groups is 1. The molecule has 0 spiro atoms. The number of nitrogens with one attached hydrogen (secondary N) is 1. The lowest BCUT2D eigenvalue weighted by molar-refractivity contribution is -0.127. The van der Waals surface area contributed by atoms with Crippen molar-refractivity contribution in [1.82, 2.24) is 24.9 Å². The molecule has 8 nitrogen and oxygen atoms in total. The van der Waals surface area contributed by atoms with E-state index in [1.807, 2.05) is 6.07 Å². The van der Waals surface area contributed by atoms with Gasteiger partial charge in [-0.1, -0.05) is 43.7 Å². The zero-order valence-corrected chi connectivity index (χ0v) is 18.7. The maximum Gasteiger partial charge on any atom is 0.325 e. The van der Waals surface area contributed by atoms with Crippen molar-refractivity contribution in [2.24, 2.45) is 4.99 Å². The number of aryl methyl sites for hydroxylation is 1. The van der Waals surface area contributed by atoms with Gasteiger partial charge in [0.1, 0.15) is 0 Å². The van der Waals surface area contributed by atoms with E-state index in [4.69, 9.17) is 4.99 Å². The Morgan fingerprint density at radius 2 is 1.77 bits per heavy atom. The molecule has 0 radical (unpaired) electrons. The van der Waals surface area contributed by atoms with Crippen LogP contribution in [0.1, 0.15) is 31.7 Å². The molecule has 0 bridgehead atoms. The number of benzene rings is 1. The van der Waals surface area contributed by atoms with E-state index in [9.17, 15) is 9.59 Å². The molecule has 0 saturated carbocycles. The molecule has 31 heavy (non-hydrogen) atoms. The number of fused-ring (bicyclic) bond motifs is 1. The highest BCUT2D eigenvalue weighted by molar-refractivity contribution is 6.03. The van der Waals surface area contributed by atoms with Crippen molar-refractivity contribution in [2.45, 2.75) is 44.8 Å². The summed E-state index contributed by atoms with van der Waals surface area (Å²) in [6, 6.07) is 9.59. The highest BCUT2D eigenvalue weighted by Gasteiger charge is 2.49. The van der Waals surface area contributed by atoms with Crippen molar-refractivity contribution in [1.29, 1.82) is 0 Å². The summed E-state index contributed by atoms with van der Waals surface area (Å²) >= 11 is 0. The number of nitrogens with zero attached hydrogens (tertiary/aromatic N) is 5. The summed E-state index contributed by atoms with van der Waals surface area (Å²) in [6.07, 6.45) is 3.85. The van der Waals surface area contributed by atoms with Gasteiger partial charge in [-0.05, 0) is 31.4 Å². The van der Waals surface area contributed by atoms with Crippen LogP contribution < -0.4 is 5.32 Å². The minimum Gasteiger partial charge on any atom is -0.340 e. The minimum absolute atomic E-state index is 0.242. The minimum atomic E-state index is -0.453. The van der Waals surface area contributed by atoms with Crippen LogP contribution in [0.4, 0.5) is 4.79 Å². The Hall–Kier alpha value is -2.61. The summed E-state index contributed by atoms with van der Waals surface area (Å²) in [6.45, 7) is 7.91. The predicted molar refractivity (Wildman–Crippen MR) is 121 cm³/mol. The van der Waals surface area contributed by atoms with Crippen molar-refractivity contribution >= 4 is 17.9 Å². The van der Waals surface area contributed by atoms with E-state index >= 15 is 0 Å². The average Bonchev–Trinajstić information content (AvgIpc) is 3.17. The molecule has 2 atom stereocenters. The smallest absolute Gasteiger partial charge is 0.325 e. The van der Waals surface area contributed by atoms with Gasteiger partial charge in [-0.2, -0.15) is 0 Å². The van der Waals surface area contributed by atoms with E-state index in [0.29, 0.717) is 0 Å². The lowest BCUT2D eigenvalue weighted by Gasteiger charge is -2.40. The number of likely N-dealkylation sites (N-methyl/N-ethyl adjacent to an activating group) is 1. The van der Waals surface area contributed by atoms with Crippen LogP contribution >= 0.6 is 0 Å². The molecule has 2 unspecified atom stereocenters. The van der Waals surface area contributed by atoms with Gasteiger partial charge in [-0.15, -0.1) is 0 Å². The number of unbranched alkanes of at least 4 members (excludes halogenated alkanes) is 1. The summed E-state index contributed by atoms with van der Waals surface area (Å²) in [5, 5.41) is 2.50. The third-order valence-electron chi connectivity index (χ3n) is 6.53. The molecule has 2 saturated heterocycles. The molecule has 1 N–H and O–H groups in total. The fourth-order valence-corrected chi connectivity index (χ4v) is 4.67. The van der Waals surface area contributed by atoms with Gasteiger partial charge in [0, 0.05) is 39.8 Å². The Bertz CT molecular complexity index is 806. The van der Waals surface area contributed by atoms with Gasteiger partial charge in [0.05, 0.1) is 0 Å². The molecule has 4 rings (SSSR count). The topological polar surface area (TPSA) is 71.5 Å². The van der Waals surface area contributed by atoms with E-state index < -0.39 is 12.2 Å². The molecular weight excluding hydrogens is 392 g/mol. The van der Waals surface area contributed by atoms with E-state index in [0.717, 1.165) is 58.1 Å². The highest BCUT2D eigenvalue weighted by Crippen LogP contribution is 2.26. The van der Waals surface area contributed by atoms with E-state index in [-0.39, 0.29) is 11.9 Å². The summed E-state index contributed by atoms with van der Waals surface area (Å²) in [5.41, 5.74) is 1.29. The second kappa shape index (κ2) is 9.68. The van der Waals surface area contributed by atoms with Crippen LogP contribution in [0.25, 0.3) is 0 Å². The summed E-state index contributed by atoms with van der Waals surface area (Å²) in [5.74, 6) is 0.628. The largest absolute Gasteiger partial charge is 0.340 e. The number of rotatable bonds is 7. The van der Waals surface area contributed by atoms with Crippen LogP contribution in [-0.4, -0.2) is 96.0 Å². The second-order valence-corrected chi connectivity index (χ2v) is 8.66. The van der Waals surface area contributed by atoms with Gasteiger partial charge >= 0.3 is 6.03 Å². The lowest BCUT2D eigenvalue weighted by atomic mass is 10.1. The number of imide groups is 1. The van der Waals surface area contributed by atoms with Gasteiger partial charge in [-0.3, -0.25) is 15.0 Å². The molecule has 3 amide bonds. The molecule has 3 aliphatic heterocycles. The zero-order chi connectivity index (χ0) is 21.8. The van der Waals surface area contributed by atoms with Gasteiger partial charge in [0.2, 0.25) is 0 Å². The van der Waals surface area contributed by atoms with Crippen LogP contribution in [0.3, 0.4) is 0 Å². The van der Waals surface area contributed by atoms with Crippen LogP contribution in [-0.2, 0) is 11.2 Å². The van der Waals surface area contributed by atoms with Gasteiger partial charge in [0.25, 0.3) is 5.91 Å². The SMILES string of the molecule is CCCCN1CCN(C2=NC3C(C(=O)NC(=O)N3C)N2CCCc2ccccc2)CC1. The number of carbonyl (C=O) groups excluding carboxylic acids is 2. The molecule has 0 aliphatic carbocycles. The third kappa shape index (κ3) is 4.69. The number of piperazine rings is 1. The van der Waals surface area contributed by atoms with Gasteiger partial charge in [-0.25, -0.2) is 9.79 Å². The summed E-state index contributed by atoms with van der Waals surface area (Å²) < 4.78 is 0. The van der Waals surface area contributed by atoms with Gasteiger partial charge < -0.3 is 14.7 Å². The summed E-state index contributed by atoms with van der Waals surface area (Å²) in [7, 11) is 1.72. The molecule has 3 aliphatic rings. The first-order valence-corrected chi connectivity index (χ1v) is 11.5. The van der Waals surface area contributed by atoms with Crippen molar-refractivity contribution in [3.8, 4) is 0 Å². The van der Waals surface area contributed by atoms with E-state index in [2.05, 4.69) is 51.2 Å². The van der Waals surface area contributed by atoms with Crippen LogP contribution in [0.15, 0.2) is 35.3 Å². The summed E-state index contributed by atoms with van der Waals surface area (Å²) in [4.78, 5) is 38.3. The number of hydrogen-bond donors (Lipinski definition) is 1. The van der Waals surface area contributed by atoms with Gasteiger partial charge in [0.15, 0.2) is 18.2 Å². The maximum atomic E-state index is 12.8. The highest BCUT2D eigenvalue weighted by atomic mass is 16.2. The van der Waals surface area contributed by atoms with Crippen molar-refractivity contribution < 1.29 is 9.59 Å². The van der Waals surface area contributed by atoms with Crippen molar-refractivity contribution in [2.75, 3.05) is 46.3 Å². The number of urea groups is 1. The molecule has 1 aromatic carbocycles. The Labute approximate surface area is 184 Å². The molecule has 0 aromatic heterocycles. The third-order valence-corrected chi connectivity index (χ3v) is 6.53. The number of amides is 3. The molecular formula is C23H34N6O2. The lowest BCUT2D eigenvalue weighted by Crippen LogP contribution is -2.64. The fraction of sp³-hybridized carbons (Fsp3) is 0.609. The van der Waals surface area contributed by atoms with Crippen molar-refractivity contribution in [3.63, 3.8) is 0 Å². The van der Waals surface area contributed by atoms with Crippen LogP contribution in [0.2, 0.25) is 0 Å². The first kappa shape index (κ1) is 21.6. The Morgan fingerprint density at radius 1 is 1.03 bits per heavy atom. The van der Waals surface area contributed by atoms with Crippen LogP contribution in [0, 0.1) is 0 Å². The molecule has 3 heterocycles. The first-order valence-electron chi connectivity index (χ1n) is 11.5. The van der Waals surface area contributed by atoms with E-state index in [1.165, 1.54) is 18.4 Å². The normalized spacial score (nSPS) is 24.3. The molecule has 1 aromatic rings. The molecule has 8 heteroatoms. The maximum absolute atomic E-state index is 12.8. The molecule has 168 valence electrons. The van der Waals surface area contributed by atoms with Crippen molar-refractivity contribution in [3.05, 3.63) is 35.9 Å². The quantitative estimate of drug-likeness (QED) is 0.717. The van der Waals surface area contributed by atoms with Crippen LogP contribution in [0.5, 0.6) is 0 Å². The first-order chi connectivity index (χ1) is 15.1. The standard InChI is InChI=1S/C23H34N6O2/c1-3-4-12-27-14-16-28(17-15-27)22-24-20-19(21(30)25-23(31)26(20)2)29(22)13-8-11-18-9-6-5-7-10-18/h5-7,9-10,19-20H,3-4,8,11-17H2,1-2H3,(H,25,30,31). The predicted octanol–water partition coefficient (Wildman–Crippen LogP) is 1.58. The Kier molecular flexibility index (Phi) is 6.75. The number of carbonyl (C=O) groups is 2. The monoisotopic (exact) mass is 426 g/mol. The number of hydrogen-bond acceptors (Lipinski definition) is 6. The number of aliphatic imine (C=N–C) groups is 1. The molecule has 2 fully saturated rings. The second-order valence-electron chi connectivity index (χ2n) is 8.66. The Balaban J connectivity index is 1.47. The average molecular weight is 427 g/mol. The fourth-order valence-electron chi connectivity index (χ4n) is 4.67.